The molecule has 5 nitrogen and oxygen atoms in total. The van der Waals surface area contributed by atoms with E-state index in [1.165, 1.54) is 7.11 Å². The highest BCUT2D eigenvalue weighted by atomic mass is 19.4. The molecule has 1 rings (SSSR count). The average Bonchev–Trinajstić information content (AvgIpc) is 2.43. The number of nitrogens with zero attached hydrogens (tertiary/aromatic N) is 1. The minimum Gasteiger partial charge on any atom is -0.424 e. The van der Waals surface area contributed by atoms with E-state index in [1.54, 1.807) is 6.92 Å². The van der Waals surface area contributed by atoms with Crippen LogP contribution < -0.4 is 4.74 Å². The molecule has 118 valence electrons. The molecule has 1 heterocycles. The number of halogens is 3. The predicted octanol–water partition coefficient (Wildman–Crippen LogP) is 2.58. The van der Waals surface area contributed by atoms with E-state index in [0.717, 1.165) is 12.1 Å². The molecule has 0 aliphatic carbocycles. The minimum atomic E-state index is -4.57. The number of carbonyl (C=O) groups excluding carboxylic acids is 1. The number of rotatable bonds is 7. The average molecular weight is 307 g/mol. The van der Waals surface area contributed by atoms with Crippen molar-refractivity contribution in [1.82, 2.24) is 4.98 Å². The number of carbonyl (C=O) groups is 1. The molecular weight excluding hydrogens is 291 g/mol. The van der Waals surface area contributed by atoms with Gasteiger partial charge in [0.15, 0.2) is 5.75 Å². The lowest BCUT2D eigenvalue weighted by Crippen LogP contribution is -2.14. The molecule has 0 saturated carbocycles. The lowest BCUT2D eigenvalue weighted by atomic mass is 10.2. The summed E-state index contributed by atoms with van der Waals surface area (Å²) in [6.07, 6.45) is -4.47. The SMILES string of the molecule is CCC(=O)Oc1ccc(C(F)(F)F)nc1COCCOC. The lowest BCUT2D eigenvalue weighted by Gasteiger charge is -2.12. The van der Waals surface area contributed by atoms with Crippen LogP contribution in [0.2, 0.25) is 0 Å². The Morgan fingerprint density at radius 1 is 1.29 bits per heavy atom. The number of ether oxygens (including phenoxy) is 3. The van der Waals surface area contributed by atoms with Crippen molar-refractivity contribution < 1.29 is 32.2 Å². The van der Waals surface area contributed by atoms with Gasteiger partial charge in [-0.15, -0.1) is 0 Å². The van der Waals surface area contributed by atoms with Crippen molar-refractivity contribution in [2.24, 2.45) is 0 Å². The molecule has 1 aromatic heterocycles. The number of alkyl halides is 3. The van der Waals surface area contributed by atoms with Gasteiger partial charge >= 0.3 is 12.1 Å². The highest BCUT2D eigenvalue weighted by Crippen LogP contribution is 2.30. The van der Waals surface area contributed by atoms with Gasteiger partial charge in [-0.2, -0.15) is 13.2 Å². The first kappa shape index (κ1) is 17.4. The van der Waals surface area contributed by atoms with Crippen LogP contribution in [0.5, 0.6) is 5.75 Å². The quantitative estimate of drug-likeness (QED) is 0.572. The third kappa shape index (κ3) is 5.68. The molecular formula is C13H16F3NO4. The van der Waals surface area contributed by atoms with Crippen LogP contribution in [-0.4, -0.2) is 31.3 Å². The molecule has 0 fully saturated rings. The van der Waals surface area contributed by atoms with Crippen molar-refractivity contribution in [3.05, 3.63) is 23.5 Å². The molecule has 0 aromatic carbocycles. The largest absolute Gasteiger partial charge is 0.433 e. The second-order valence-corrected chi connectivity index (χ2v) is 4.01. The summed E-state index contributed by atoms with van der Waals surface area (Å²) in [7, 11) is 1.47. The lowest BCUT2D eigenvalue weighted by molar-refractivity contribution is -0.141. The maximum absolute atomic E-state index is 12.6. The summed E-state index contributed by atoms with van der Waals surface area (Å²) >= 11 is 0. The van der Waals surface area contributed by atoms with Gasteiger partial charge in [0.1, 0.15) is 11.4 Å². The molecule has 0 N–H and O–H groups in total. The van der Waals surface area contributed by atoms with Crippen molar-refractivity contribution in [3.63, 3.8) is 0 Å². The molecule has 1 aromatic rings. The Bertz CT molecular complexity index is 477. The standard InChI is InChI=1S/C13H16F3NO4/c1-3-12(18)21-10-4-5-11(13(14,15)16)17-9(10)8-20-7-6-19-2/h4-5H,3,6-8H2,1-2H3. The molecule has 8 heteroatoms. The minimum absolute atomic E-state index is 0.0349. The van der Waals surface area contributed by atoms with E-state index in [0.29, 0.717) is 6.61 Å². The van der Waals surface area contributed by atoms with E-state index >= 15 is 0 Å². The van der Waals surface area contributed by atoms with Gasteiger partial charge in [0.25, 0.3) is 0 Å². The van der Waals surface area contributed by atoms with Crippen molar-refractivity contribution in [1.29, 1.82) is 0 Å². The zero-order chi connectivity index (χ0) is 15.9. The third-order valence-electron chi connectivity index (χ3n) is 2.41. The Kier molecular flexibility index (Phi) is 6.57. The van der Waals surface area contributed by atoms with Crippen LogP contribution in [0.4, 0.5) is 13.2 Å². The summed E-state index contributed by atoms with van der Waals surface area (Å²) in [5.41, 5.74) is -1.15. The van der Waals surface area contributed by atoms with Gasteiger partial charge in [0.05, 0.1) is 19.8 Å². The summed E-state index contributed by atoms with van der Waals surface area (Å²) in [6.45, 7) is 1.85. The van der Waals surface area contributed by atoms with Crippen molar-refractivity contribution in [2.45, 2.75) is 26.1 Å². The van der Waals surface area contributed by atoms with Crippen LogP contribution in [0.15, 0.2) is 12.1 Å². The normalized spacial score (nSPS) is 11.5. The second kappa shape index (κ2) is 7.94. The number of hydrogen-bond acceptors (Lipinski definition) is 5. The third-order valence-corrected chi connectivity index (χ3v) is 2.41. The molecule has 0 amide bonds. The number of hydrogen-bond donors (Lipinski definition) is 0. The molecule has 21 heavy (non-hydrogen) atoms. The maximum atomic E-state index is 12.6. The Labute approximate surface area is 120 Å². The van der Waals surface area contributed by atoms with Crippen LogP contribution >= 0.6 is 0 Å². The first-order valence-electron chi connectivity index (χ1n) is 6.23. The van der Waals surface area contributed by atoms with Crippen LogP contribution in [0.1, 0.15) is 24.7 Å². The van der Waals surface area contributed by atoms with Gasteiger partial charge in [-0.1, -0.05) is 6.92 Å². The number of esters is 1. The molecule has 0 radical (unpaired) electrons. The van der Waals surface area contributed by atoms with E-state index in [-0.39, 0.29) is 31.1 Å². The van der Waals surface area contributed by atoms with Crippen LogP contribution in [0.3, 0.4) is 0 Å². The first-order chi connectivity index (χ1) is 9.88. The summed E-state index contributed by atoms with van der Waals surface area (Å²) in [5, 5.41) is 0. The predicted molar refractivity (Wildman–Crippen MR) is 66.7 cm³/mol. The van der Waals surface area contributed by atoms with E-state index in [4.69, 9.17) is 14.2 Å². The Morgan fingerprint density at radius 3 is 2.57 bits per heavy atom. The molecule has 0 saturated heterocycles. The van der Waals surface area contributed by atoms with Gasteiger partial charge in [0, 0.05) is 13.5 Å². The van der Waals surface area contributed by atoms with Gasteiger partial charge in [0.2, 0.25) is 0 Å². The zero-order valence-electron chi connectivity index (χ0n) is 11.7. The Hall–Kier alpha value is -1.67. The van der Waals surface area contributed by atoms with Crippen LogP contribution in [-0.2, 0) is 27.1 Å². The number of aromatic nitrogens is 1. The summed E-state index contributed by atoms with van der Waals surface area (Å²) < 4.78 is 52.8. The second-order valence-electron chi connectivity index (χ2n) is 4.01. The van der Waals surface area contributed by atoms with Gasteiger partial charge in [-0.05, 0) is 12.1 Å². The highest BCUT2D eigenvalue weighted by Gasteiger charge is 2.33. The number of pyridine rings is 1. The van der Waals surface area contributed by atoms with Gasteiger partial charge in [-0.25, -0.2) is 4.98 Å². The molecule has 0 bridgehead atoms. The van der Waals surface area contributed by atoms with Crippen LogP contribution in [0, 0.1) is 0 Å². The Balaban J connectivity index is 2.92. The van der Waals surface area contributed by atoms with Crippen molar-refractivity contribution >= 4 is 5.97 Å². The number of methoxy groups -OCH3 is 1. The molecule has 0 atom stereocenters. The summed E-state index contributed by atoms with van der Waals surface area (Å²) in [4.78, 5) is 14.7. The topological polar surface area (TPSA) is 57.7 Å². The fourth-order valence-electron chi connectivity index (χ4n) is 1.35. The molecule has 0 aliphatic heterocycles. The first-order valence-corrected chi connectivity index (χ1v) is 6.23. The Morgan fingerprint density at radius 2 is 2.00 bits per heavy atom. The van der Waals surface area contributed by atoms with Crippen molar-refractivity contribution in [3.8, 4) is 5.75 Å². The monoisotopic (exact) mass is 307 g/mol. The molecule has 0 spiro atoms. The van der Waals surface area contributed by atoms with Gasteiger partial charge < -0.3 is 14.2 Å². The summed E-state index contributed by atoms with van der Waals surface area (Å²) in [5.74, 6) is -0.595. The van der Waals surface area contributed by atoms with E-state index < -0.39 is 17.8 Å². The maximum Gasteiger partial charge on any atom is 0.433 e. The smallest absolute Gasteiger partial charge is 0.424 e. The zero-order valence-corrected chi connectivity index (χ0v) is 11.7. The van der Waals surface area contributed by atoms with Crippen LogP contribution in [0.25, 0.3) is 0 Å². The van der Waals surface area contributed by atoms with E-state index in [1.807, 2.05) is 0 Å². The highest BCUT2D eigenvalue weighted by molar-refractivity contribution is 5.72. The molecule has 0 aliphatic rings. The fraction of sp³-hybridized carbons (Fsp3) is 0.538. The van der Waals surface area contributed by atoms with Gasteiger partial charge in [-0.3, -0.25) is 4.79 Å². The molecule has 0 unspecified atom stereocenters. The summed E-state index contributed by atoms with van der Waals surface area (Å²) in [6, 6.07) is 1.83. The fourth-order valence-corrected chi connectivity index (χ4v) is 1.35. The van der Waals surface area contributed by atoms with Crippen molar-refractivity contribution in [2.75, 3.05) is 20.3 Å². The van der Waals surface area contributed by atoms with E-state index in [2.05, 4.69) is 4.98 Å². The van der Waals surface area contributed by atoms with E-state index in [9.17, 15) is 18.0 Å².